The molecule has 0 aliphatic rings. The Hall–Kier alpha value is -3.87. The zero-order chi connectivity index (χ0) is 19.5. The van der Waals surface area contributed by atoms with E-state index in [0.717, 1.165) is 0 Å². The summed E-state index contributed by atoms with van der Waals surface area (Å²) in [6.07, 6.45) is 1.54. The molecule has 2 aromatic heterocycles. The first-order chi connectivity index (χ1) is 13.7. The lowest BCUT2D eigenvalue weighted by atomic mass is 10.1. The molecule has 7 heteroatoms. The Balaban J connectivity index is 1.82. The van der Waals surface area contributed by atoms with Gasteiger partial charge in [-0.3, -0.25) is 9.59 Å². The number of hydrogen-bond donors (Lipinski definition) is 1. The van der Waals surface area contributed by atoms with E-state index in [-0.39, 0.29) is 17.8 Å². The highest BCUT2D eigenvalue weighted by Gasteiger charge is 2.17. The van der Waals surface area contributed by atoms with Crippen LogP contribution in [0.2, 0.25) is 0 Å². The highest BCUT2D eigenvalue weighted by molar-refractivity contribution is 6.04. The Kier molecular flexibility index (Phi) is 4.63. The van der Waals surface area contributed by atoms with Gasteiger partial charge < -0.3 is 14.5 Å². The molecule has 2 heterocycles. The SMILES string of the molecule is COc1cccc(-n2nc(C(=O)NCc3ccco3)c3ccccc3c2=O)c1. The second kappa shape index (κ2) is 7.40. The van der Waals surface area contributed by atoms with Crippen molar-refractivity contribution < 1.29 is 13.9 Å². The topological polar surface area (TPSA) is 86.4 Å². The number of nitrogens with one attached hydrogen (secondary N) is 1. The number of ether oxygens (including phenoxy) is 1. The number of amides is 1. The van der Waals surface area contributed by atoms with Gasteiger partial charge in [0.1, 0.15) is 11.5 Å². The minimum Gasteiger partial charge on any atom is -0.497 e. The van der Waals surface area contributed by atoms with Gasteiger partial charge in [0.25, 0.3) is 11.5 Å². The molecule has 28 heavy (non-hydrogen) atoms. The number of methoxy groups -OCH3 is 1. The molecule has 2 aromatic carbocycles. The van der Waals surface area contributed by atoms with Gasteiger partial charge in [0, 0.05) is 11.5 Å². The molecule has 0 atom stereocenters. The molecule has 1 N–H and O–H groups in total. The maximum Gasteiger partial charge on any atom is 0.279 e. The second-order valence-corrected chi connectivity index (χ2v) is 6.07. The largest absolute Gasteiger partial charge is 0.497 e. The minimum atomic E-state index is -0.399. The zero-order valence-corrected chi connectivity index (χ0v) is 15.1. The molecule has 0 saturated heterocycles. The van der Waals surface area contributed by atoms with E-state index in [1.807, 2.05) is 0 Å². The van der Waals surface area contributed by atoms with Gasteiger partial charge in [-0.05, 0) is 30.3 Å². The Bertz CT molecular complexity index is 1200. The van der Waals surface area contributed by atoms with Crippen molar-refractivity contribution in [2.24, 2.45) is 0 Å². The van der Waals surface area contributed by atoms with Crippen LogP contribution in [0.4, 0.5) is 0 Å². The van der Waals surface area contributed by atoms with Crippen molar-refractivity contribution in [1.82, 2.24) is 15.1 Å². The summed E-state index contributed by atoms with van der Waals surface area (Å²) < 4.78 is 11.7. The van der Waals surface area contributed by atoms with Gasteiger partial charge in [-0.2, -0.15) is 9.78 Å². The standard InChI is InChI=1S/C21H17N3O4/c1-27-15-7-4-6-14(12-15)24-21(26)18-10-3-2-9-17(18)19(23-24)20(25)22-13-16-8-5-11-28-16/h2-12H,13H2,1H3,(H,22,25). The van der Waals surface area contributed by atoms with Crippen LogP contribution in [0.1, 0.15) is 16.2 Å². The molecule has 0 bridgehead atoms. The Morgan fingerprint density at radius 2 is 1.93 bits per heavy atom. The van der Waals surface area contributed by atoms with Crippen molar-refractivity contribution in [3.63, 3.8) is 0 Å². The number of furan rings is 1. The Morgan fingerprint density at radius 3 is 2.68 bits per heavy atom. The second-order valence-electron chi connectivity index (χ2n) is 6.07. The number of benzene rings is 2. The highest BCUT2D eigenvalue weighted by atomic mass is 16.5. The van der Waals surface area contributed by atoms with E-state index >= 15 is 0 Å². The van der Waals surface area contributed by atoms with Crippen LogP contribution in [0.25, 0.3) is 16.5 Å². The molecule has 4 rings (SSSR count). The summed E-state index contributed by atoms with van der Waals surface area (Å²) in [5.74, 6) is 0.811. The number of carbonyl (C=O) groups is 1. The van der Waals surface area contributed by atoms with E-state index < -0.39 is 5.91 Å². The van der Waals surface area contributed by atoms with Crippen molar-refractivity contribution >= 4 is 16.7 Å². The summed E-state index contributed by atoms with van der Waals surface area (Å²) in [5, 5.41) is 8.03. The van der Waals surface area contributed by atoms with Crippen molar-refractivity contribution in [2.75, 3.05) is 7.11 Å². The molecule has 0 radical (unpaired) electrons. The summed E-state index contributed by atoms with van der Waals surface area (Å²) in [5.41, 5.74) is 0.353. The van der Waals surface area contributed by atoms with E-state index in [2.05, 4.69) is 10.4 Å². The fraction of sp³-hybridized carbons (Fsp3) is 0.0952. The normalized spacial score (nSPS) is 10.8. The fourth-order valence-corrected chi connectivity index (χ4v) is 2.94. The van der Waals surface area contributed by atoms with Crippen LogP contribution in [0.15, 0.2) is 76.1 Å². The average molecular weight is 375 g/mol. The maximum atomic E-state index is 13.0. The Morgan fingerprint density at radius 1 is 1.11 bits per heavy atom. The molecule has 0 aliphatic heterocycles. The highest BCUT2D eigenvalue weighted by Crippen LogP contribution is 2.18. The molecule has 1 amide bonds. The van der Waals surface area contributed by atoms with Gasteiger partial charge in [-0.15, -0.1) is 0 Å². The number of rotatable bonds is 5. The molecule has 4 aromatic rings. The van der Waals surface area contributed by atoms with Gasteiger partial charge in [0.05, 0.1) is 31.0 Å². The van der Waals surface area contributed by atoms with E-state index in [4.69, 9.17) is 9.15 Å². The first-order valence-electron chi connectivity index (χ1n) is 8.64. The van der Waals surface area contributed by atoms with Crippen molar-refractivity contribution in [2.45, 2.75) is 6.54 Å². The quantitative estimate of drug-likeness (QED) is 0.580. The van der Waals surface area contributed by atoms with Gasteiger partial charge in [0.2, 0.25) is 0 Å². The number of fused-ring (bicyclic) bond motifs is 1. The van der Waals surface area contributed by atoms with Crippen molar-refractivity contribution in [3.8, 4) is 11.4 Å². The van der Waals surface area contributed by atoms with E-state index in [0.29, 0.717) is 28.0 Å². The van der Waals surface area contributed by atoms with Crippen molar-refractivity contribution in [1.29, 1.82) is 0 Å². The number of hydrogen-bond acceptors (Lipinski definition) is 5. The molecule has 140 valence electrons. The first-order valence-corrected chi connectivity index (χ1v) is 8.64. The van der Waals surface area contributed by atoms with Crippen LogP contribution < -0.4 is 15.6 Å². The predicted octanol–water partition coefficient (Wildman–Crippen LogP) is 2.92. The van der Waals surface area contributed by atoms with Gasteiger partial charge in [-0.1, -0.05) is 24.3 Å². The summed E-state index contributed by atoms with van der Waals surface area (Å²) in [6.45, 7) is 0.222. The molecule has 0 fully saturated rings. The molecular weight excluding hydrogens is 358 g/mol. The van der Waals surface area contributed by atoms with Gasteiger partial charge in [-0.25, -0.2) is 0 Å². The third-order valence-electron chi connectivity index (χ3n) is 4.32. The summed E-state index contributed by atoms with van der Waals surface area (Å²) in [4.78, 5) is 25.8. The van der Waals surface area contributed by atoms with E-state index in [1.54, 1.807) is 67.8 Å². The third-order valence-corrected chi connectivity index (χ3v) is 4.32. The molecule has 0 unspecified atom stereocenters. The first kappa shape index (κ1) is 17.5. The van der Waals surface area contributed by atoms with E-state index in [9.17, 15) is 9.59 Å². The summed E-state index contributed by atoms with van der Waals surface area (Å²) in [6, 6.07) is 17.4. The van der Waals surface area contributed by atoms with Crippen LogP contribution >= 0.6 is 0 Å². The number of nitrogens with zero attached hydrogens (tertiary/aromatic N) is 2. The number of aromatic nitrogens is 2. The summed E-state index contributed by atoms with van der Waals surface area (Å²) >= 11 is 0. The molecular formula is C21H17N3O4. The van der Waals surface area contributed by atoms with Crippen molar-refractivity contribution in [3.05, 3.63) is 88.7 Å². The van der Waals surface area contributed by atoms with Crippen LogP contribution in [0.3, 0.4) is 0 Å². The lowest BCUT2D eigenvalue weighted by molar-refractivity contribution is 0.0943. The van der Waals surface area contributed by atoms with E-state index in [1.165, 1.54) is 10.9 Å². The molecule has 0 saturated carbocycles. The zero-order valence-electron chi connectivity index (χ0n) is 15.1. The lowest BCUT2D eigenvalue weighted by Gasteiger charge is -2.11. The van der Waals surface area contributed by atoms with Crippen LogP contribution in [-0.4, -0.2) is 22.8 Å². The monoisotopic (exact) mass is 375 g/mol. The lowest BCUT2D eigenvalue weighted by Crippen LogP contribution is -2.29. The smallest absolute Gasteiger partial charge is 0.279 e. The average Bonchev–Trinajstić information content (AvgIpc) is 3.26. The Labute approximate surface area is 160 Å². The molecule has 7 nitrogen and oxygen atoms in total. The van der Waals surface area contributed by atoms with Crippen LogP contribution in [0, 0.1) is 0 Å². The predicted molar refractivity (Wildman–Crippen MR) is 104 cm³/mol. The summed E-state index contributed by atoms with van der Waals surface area (Å²) in [7, 11) is 1.54. The maximum absolute atomic E-state index is 13.0. The number of carbonyl (C=O) groups excluding carboxylic acids is 1. The third kappa shape index (κ3) is 3.25. The van der Waals surface area contributed by atoms with Gasteiger partial charge in [0.15, 0.2) is 5.69 Å². The van der Waals surface area contributed by atoms with Crippen LogP contribution in [0.5, 0.6) is 5.75 Å². The van der Waals surface area contributed by atoms with Gasteiger partial charge >= 0.3 is 0 Å². The van der Waals surface area contributed by atoms with Crippen LogP contribution in [-0.2, 0) is 6.54 Å². The minimum absolute atomic E-state index is 0.157. The fourth-order valence-electron chi connectivity index (χ4n) is 2.94. The molecule has 0 aliphatic carbocycles. The molecule has 0 spiro atoms.